The number of aromatic nitrogens is 1. The van der Waals surface area contributed by atoms with E-state index < -0.39 is 0 Å². The zero-order chi connectivity index (χ0) is 16.5. The molecule has 118 valence electrons. The SMILES string of the molecule is Clc1nc2ccc3ccc4ccccc4c3c2c2c1sc1sccc12. The van der Waals surface area contributed by atoms with Crippen LogP contribution in [0.3, 0.4) is 0 Å². The van der Waals surface area contributed by atoms with Gasteiger partial charge in [0.1, 0.15) is 5.15 Å². The Labute approximate surface area is 156 Å². The van der Waals surface area contributed by atoms with Crippen molar-refractivity contribution in [2.75, 3.05) is 0 Å². The molecule has 1 nitrogen and oxygen atoms in total. The molecule has 0 saturated carbocycles. The molecule has 0 aliphatic heterocycles. The van der Waals surface area contributed by atoms with E-state index in [-0.39, 0.29) is 0 Å². The summed E-state index contributed by atoms with van der Waals surface area (Å²) >= 11 is 10.1. The van der Waals surface area contributed by atoms with Crippen LogP contribution in [0.1, 0.15) is 0 Å². The van der Waals surface area contributed by atoms with Crippen LogP contribution in [0.25, 0.3) is 51.9 Å². The lowest BCUT2D eigenvalue weighted by atomic mass is 9.96. The van der Waals surface area contributed by atoms with E-state index in [1.165, 1.54) is 41.7 Å². The van der Waals surface area contributed by atoms with Crippen molar-refractivity contribution in [1.82, 2.24) is 4.98 Å². The second kappa shape index (κ2) is 4.92. The standard InChI is InChI=1S/C21H10ClNS2/c22-20-19-17(14-9-10-24-21(14)25-19)18-15(23-20)8-7-12-6-5-11-3-1-2-4-13(11)16(12)18/h1-10H. The van der Waals surface area contributed by atoms with Crippen LogP contribution in [-0.4, -0.2) is 4.98 Å². The first-order valence-corrected chi connectivity index (χ1v) is 10.1. The minimum Gasteiger partial charge on any atom is -0.235 e. The number of pyridine rings is 1. The van der Waals surface area contributed by atoms with Crippen molar-refractivity contribution in [1.29, 1.82) is 0 Å². The molecule has 0 atom stereocenters. The Kier molecular flexibility index (Phi) is 2.76. The molecule has 6 aromatic rings. The van der Waals surface area contributed by atoms with Crippen molar-refractivity contribution in [2.45, 2.75) is 0 Å². The van der Waals surface area contributed by atoms with Gasteiger partial charge in [0.25, 0.3) is 0 Å². The normalized spacial score (nSPS) is 12.2. The van der Waals surface area contributed by atoms with Gasteiger partial charge in [-0.15, -0.1) is 22.7 Å². The van der Waals surface area contributed by atoms with E-state index >= 15 is 0 Å². The maximum atomic E-state index is 6.54. The molecule has 3 aromatic heterocycles. The number of hydrogen-bond donors (Lipinski definition) is 0. The van der Waals surface area contributed by atoms with Gasteiger partial charge in [-0.2, -0.15) is 0 Å². The third kappa shape index (κ3) is 1.81. The first-order valence-electron chi connectivity index (χ1n) is 8.00. The van der Waals surface area contributed by atoms with Crippen molar-refractivity contribution in [2.24, 2.45) is 0 Å². The average Bonchev–Trinajstić information content (AvgIpc) is 3.23. The predicted octanol–water partition coefficient (Wildman–Crippen LogP) is 7.62. The van der Waals surface area contributed by atoms with Crippen LogP contribution in [0.4, 0.5) is 0 Å². The summed E-state index contributed by atoms with van der Waals surface area (Å²) in [5.74, 6) is 0. The van der Waals surface area contributed by atoms with Gasteiger partial charge in [0, 0.05) is 16.2 Å². The average molecular weight is 376 g/mol. The van der Waals surface area contributed by atoms with E-state index in [2.05, 4.69) is 60.0 Å². The van der Waals surface area contributed by atoms with Gasteiger partial charge < -0.3 is 0 Å². The predicted molar refractivity (Wildman–Crippen MR) is 113 cm³/mol. The molecule has 0 unspecified atom stereocenters. The largest absolute Gasteiger partial charge is 0.235 e. The van der Waals surface area contributed by atoms with Crippen LogP contribution < -0.4 is 0 Å². The molecule has 0 amide bonds. The van der Waals surface area contributed by atoms with Gasteiger partial charge in [-0.1, -0.05) is 54.1 Å². The molecule has 3 heterocycles. The molecular weight excluding hydrogens is 366 g/mol. The van der Waals surface area contributed by atoms with Crippen LogP contribution in [-0.2, 0) is 0 Å². The molecule has 0 N–H and O–H groups in total. The third-order valence-corrected chi connectivity index (χ3v) is 7.50. The van der Waals surface area contributed by atoms with Crippen molar-refractivity contribution in [3.63, 3.8) is 0 Å². The number of rotatable bonds is 0. The Bertz CT molecular complexity index is 1460. The topological polar surface area (TPSA) is 12.9 Å². The summed E-state index contributed by atoms with van der Waals surface area (Å²) in [5, 5.41) is 11.6. The highest BCUT2D eigenvalue weighted by atomic mass is 35.5. The Morgan fingerprint density at radius 1 is 0.760 bits per heavy atom. The molecule has 0 saturated heterocycles. The lowest BCUT2D eigenvalue weighted by Gasteiger charge is -2.09. The van der Waals surface area contributed by atoms with Crippen LogP contribution in [0.2, 0.25) is 5.15 Å². The molecule has 0 bridgehead atoms. The number of halogens is 1. The summed E-state index contributed by atoms with van der Waals surface area (Å²) in [5.41, 5.74) is 0.965. The quantitative estimate of drug-likeness (QED) is 0.196. The van der Waals surface area contributed by atoms with Gasteiger partial charge in [0.15, 0.2) is 0 Å². The first kappa shape index (κ1) is 14.0. The van der Waals surface area contributed by atoms with Crippen LogP contribution >= 0.6 is 34.3 Å². The molecular formula is C21H10ClNS2. The van der Waals surface area contributed by atoms with Crippen LogP contribution in [0.5, 0.6) is 0 Å². The summed E-state index contributed by atoms with van der Waals surface area (Å²) in [6.07, 6.45) is 0. The summed E-state index contributed by atoms with van der Waals surface area (Å²) in [4.78, 5) is 4.72. The van der Waals surface area contributed by atoms with Gasteiger partial charge in [-0.3, -0.25) is 0 Å². The number of fused-ring (bicyclic) bond motifs is 9. The lowest BCUT2D eigenvalue weighted by Crippen LogP contribution is -1.86. The molecule has 3 aromatic carbocycles. The van der Waals surface area contributed by atoms with E-state index in [4.69, 9.17) is 16.6 Å². The van der Waals surface area contributed by atoms with E-state index in [9.17, 15) is 0 Å². The zero-order valence-electron chi connectivity index (χ0n) is 12.9. The highest BCUT2D eigenvalue weighted by Crippen LogP contribution is 2.46. The number of benzene rings is 3. The number of thiophene rings is 2. The Hall–Kier alpha value is -2.20. The minimum atomic E-state index is 0.607. The van der Waals surface area contributed by atoms with Crippen molar-refractivity contribution >= 4 is 86.2 Å². The van der Waals surface area contributed by atoms with Crippen LogP contribution in [0, 0.1) is 0 Å². The van der Waals surface area contributed by atoms with Crippen molar-refractivity contribution < 1.29 is 0 Å². The monoisotopic (exact) mass is 375 g/mol. The Morgan fingerprint density at radius 3 is 2.56 bits per heavy atom. The smallest absolute Gasteiger partial charge is 0.147 e. The van der Waals surface area contributed by atoms with E-state index in [1.54, 1.807) is 22.7 Å². The Balaban J connectivity index is 2.05. The fraction of sp³-hybridized carbons (Fsp3) is 0. The fourth-order valence-electron chi connectivity index (χ4n) is 3.81. The first-order chi connectivity index (χ1) is 12.3. The second-order valence-corrected chi connectivity index (χ2v) is 8.73. The summed E-state index contributed by atoms with van der Waals surface area (Å²) in [6.45, 7) is 0. The summed E-state index contributed by atoms with van der Waals surface area (Å²) < 4.78 is 2.40. The highest BCUT2D eigenvalue weighted by molar-refractivity contribution is 7.41. The molecule has 25 heavy (non-hydrogen) atoms. The number of nitrogens with zero attached hydrogens (tertiary/aromatic N) is 1. The molecule has 0 aliphatic rings. The van der Waals surface area contributed by atoms with Crippen molar-refractivity contribution in [3.05, 3.63) is 65.1 Å². The number of hydrogen-bond acceptors (Lipinski definition) is 3. The van der Waals surface area contributed by atoms with E-state index in [0.29, 0.717) is 5.15 Å². The second-order valence-electron chi connectivity index (χ2n) is 6.18. The van der Waals surface area contributed by atoms with Gasteiger partial charge in [0.05, 0.1) is 14.2 Å². The fourth-order valence-corrected chi connectivity index (χ4v) is 6.25. The molecule has 0 spiro atoms. The molecule has 0 radical (unpaired) electrons. The summed E-state index contributed by atoms with van der Waals surface area (Å²) in [6, 6.07) is 19.4. The molecule has 4 heteroatoms. The maximum absolute atomic E-state index is 6.54. The Morgan fingerprint density at radius 2 is 1.60 bits per heavy atom. The van der Waals surface area contributed by atoms with Gasteiger partial charge >= 0.3 is 0 Å². The zero-order valence-corrected chi connectivity index (χ0v) is 15.3. The van der Waals surface area contributed by atoms with Gasteiger partial charge in [-0.05, 0) is 39.1 Å². The van der Waals surface area contributed by atoms with Crippen molar-refractivity contribution in [3.8, 4) is 0 Å². The molecule has 0 fully saturated rings. The van der Waals surface area contributed by atoms with E-state index in [0.717, 1.165) is 10.2 Å². The minimum absolute atomic E-state index is 0.607. The van der Waals surface area contributed by atoms with Crippen LogP contribution in [0.15, 0.2) is 60.0 Å². The van der Waals surface area contributed by atoms with Gasteiger partial charge in [-0.25, -0.2) is 4.98 Å². The molecule has 6 rings (SSSR count). The maximum Gasteiger partial charge on any atom is 0.147 e. The van der Waals surface area contributed by atoms with E-state index in [1.807, 2.05) is 0 Å². The third-order valence-electron chi connectivity index (χ3n) is 4.86. The van der Waals surface area contributed by atoms with Gasteiger partial charge in [0.2, 0.25) is 0 Å². The highest BCUT2D eigenvalue weighted by Gasteiger charge is 2.17. The summed E-state index contributed by atoms with van der Waals surface area (Å²) in [7, 11) is 0. The molecule has 0 aliphatic carbocycles. The lowest BCUT2D eigenvalue weighted by molar-refractivity contribution is 1.46.